The van der Waals surface area contributed by atoms with E-state index in [0.29, 0.717) is 5.02 Å². The van der Waals surface area contributed by atoms with E-state index in [1.54, 1.807) is 0 Å². The van der Waals surface area contributed by atoms with E-state index in [2.05, 4.69) is 4.98 Å². The minimum Gasteiger partial charge on any atom is -0.319 e. The number of benzene rings is 1. The molecule has 2 rings (SSSR count). The zero-order valence-corrected chi connectivity index (χ0v) is 9.78. The van der Waals surface area contributed by atoms with Gasteiger partial charge in [-0.3, -0.25) is 4.98 Å². The summed E-state index contributed by atoms with van der Waals surface area (Å²) in [7, 11) is 0. The average molecular weight is 233 g/mol. The second-order valence-corrected chi connectivity index (χ2v) is 4.17. The largest absolute Gasteiger partial charge is 0.319 e. The van der Waals surface area contributed by atoms with Gasteiger partial charge in [0.15, 0.2) is 0 Å². The fourth-order valence-electron chi connectivity index (χ4n) is 1.58. The van der Waals surface area contributed by atoms with E-state index < -0.39 is 0 Å². The molecule has 1 heterocycles. The maximum absolute atomic E-state index is 6.13. The number of pyridine rings is 1. The van der Waals surface area contributed by atoms with E-state index >= 15 is 0 Å². The molecule has 0 saturated carbocycles. The Labute approximate surface area is 100 Å². The molecule has 0 aliphatic rings. The normalized spacial score (nSPS) is 12.4. The van der Waals surface area contributed by atoms with Crippen LogP contribution in [0.4, 0.5) is 0 Å². The number of rotatable bonds is 2. The first kappa shape index (κ1) is 11.1. The molecule has 1 unspecified atom stereocenters. The van der Waals surface area contributed by atoms with E-state index in [9.17, 15) is 0 Å². The highest BCUT2D eigenvalue weighted by atomic mass is 35.5. The van der Waals surface area contributed by atoms with Crippen molar-refractivity contribution in [3.05, 3.63) is 64.4 Å². The molecule has 16 heavy (non-hydrogen) atoms. The van der Waals surface area contributed by atoms with Gasteiger partial charge in [-0.25, -0.2) is 0 Å². The Morgan fingerprint density at radius 1 is 1.12 bits per heavy atom. The van der Waals surface area contributed by atoms with Crippen molar-refractivity contribution in [3.63, 3.8) is 0 Å². The van der Waals surface area contributed by atoms with Gasteiger partial charge in [0, 0.05) is 10.7 Å². The van der Waals surface area contributed by atoms with E-state index in [1.807, 2.05) is 49.4 Å². The minimum absolute atomic E-state index is 0.197. The van der Waals surface area contributed by atoms with Crippen molar-refractivity contribution in [1.29, 1.82) is 0 Å². The Balaban J connectivity index is 2.31. The van der Waals surface area contributed by atoms with Crippen LogP contribution in [0.25, 0.3) is 0 Å². The van der Waals surface area contributed by atoms with Gasteiger partial charge in [0.05, 0.1) is 11.7 Å². The first-order valence-electron chi connectivity index (χ1n) is 5.11. The van der Waals surface area contributed by atoms with E-state index in [-0.39, 0.29) is 6.04 Å². The molecule has 2 nitrogen and oxygen atoms in total. The molecule has 1 aromatic carbocycles. The van der Waals surface area contributed by atoms with Gasteiger partial charge in [-0.2, -0.15) is 0 Å². The molecule has 1 atom stereocenters. The lowest BCUT2D eigenvalue weighted by Gasteiger charge is -2.12. The van der Waals surface area contributed by atoms with Crippen molar-refractivity contribution in [2.75, 3.05) is 0 Å². The van der Waals surface area contributed by atoms with Crippen molar-refractivity contribution in [3.8, 4) is 0 Å². The first-order chi connectivity index (χ1) is 7.66. The molecular formula is C13H13ClN2. The van der Waals surface area contributed by atoms with Crippen LogP contribution in [0.3, 0.4) is 0 Å². The fourth-order valence-corrected chi connectivity index (χ4v) is 1.70. The van der Waals surface area contributed by atoms with Crippen molar-refractivity contribution in [1.82, 2.24) is 4.98 Å². The van der Waals surface area contributed by atoms with E-state index in [4.69, 9.17) is 17.3 Å². The summed E-state index contributed by atoms with van der Waals surface area (Å²) in [6.45, 7) is 1.96. The number of halogens is 1. The number of nitrogens with two attached hydrogens (primary N) is 1. The second kappa shape index (κ2) is 4.64. The van der Waals surface area contributed by atoms with Crippen LogP contribution in [0.15, 0.2) is 42.5 Å². The third-order valence-corrected chi connectivity index (χ3v) is 2.71. The number of hydrogen-bond donors (Lipinski definition) is 1. The average Bonchev–Trinajstić information content (AvgIpc) is 2.29. The van der Waals surface area contributed by atoms with Gasteiger partial charge in [0.2, 0.25) is 0 Å². The van der Waals surface area contributed by atoms with Crippen molar-refractivity contribution >= 4 is 11.6 Å². The summed E-state index contributed by atoms with van der Waals surface area (Å²) < 4.78 is 0. The number of nitrogens with zero attached hydrogens (tertiary/aromatic N) is 1. The highest BCUT2D eigenvalue weighted by molar-refractivity contribution is 6.30. The molecule has 0 bridgehead atoms. The smallest absolute Gasteiger partial charge is 0.0726 e. The van der Waals surface area contributed by atoms with Crippen LogP contribution < -0.4 is 5.73 Å². The molecule has 1 aromatic heterocycles. The molecule has 2 N–H and O–H groups in total. The molecule has 2 aromatic rings. The molecule has 0 radical (unpaired) electrons. The van der Waals surface area contributed by atoms with Crippen LogP contribution in [0.5, 0.6) is 0 Å². The Bertz CT molecular complexity index is 480. The predicted molar refractivity (Wildman–Crippen MR) is 66.5 cm³/mol. The van der Waals surface area contributed by atoms with E-state index in [1.165, 1.54) is 0 Å². The van der Waals surface area contributed by atoms with Crippen LogP contribution in [0.2, 0.25) is 5.02 Å². The number of aryl methyl sites for hydroxylation is 1. The maximum atomic E-state index is 6.13. The minimum atomic E-state index is -0.197. The van der Waals surface area contributed by atoms with Crippen molar-refractivity contribution in [2.45, 2.75) is 13.0 Å². The Morgan fingerprint density at radius 2 is 1.81 bits per heavy atom. The van der Waals surface area contributed by atoms with Crippen LogP contribution in [0, 0.1) is 6.92 Å². The van der Waals surface area contributed by atoms with Gasteiger partial charge in [0.1, 0.15) is 0 Å². The van der Waals surface area contributed by atoms with Gasteiger partial charge in [-0.05, 0) is 36.8 Å². The molecule has 82 valence electrons. The Morgan fingerprint density at radius 3 is 2.44 bits per heavy atom. The van der Waals surface area contributed by atoms with Gasteiger partial charge in [-0.15, -0.1) is 0 Å². The van der Waals surface area contributed by atoms with Crippen LogP contribution in [-0.4, -0.2) is 4.98 Å². The van der Waals surface area contributed by atoms with Gasteiger partial charge < -0.3 is 5.73 Å². The summed E-state index contributed by atoms with van der Waals surface area (Å²) in [5.74, 6) is 0. The predicted octanol–water partition coefficient (Wildman–Crippen LogP) is 3.09. The lowest BCUT2D eigenvalue weighted by atomic mass is 10.0. The van der Waals surface area contributed by atoms with Crippen molar-refractivity contribution < 1.29 is 0 Å². The Hall–Kier alpha value is -1.38. The summed E-state index contributed by atoms with van der Waals surface area (Å²) in [4.78, 5) is 4.41. The van der Waals surface area contributed by atoms with Crippen LogP contribution in [0.1, 0.15) is 23.0 Å². The van der Waals surface area contributed by atoms with E-state index in [0.717, 1.165) is 17.0 Å². The zero-order chi connectivity index (χ0) is 11.5. The molecule has 0 spiro atoms. The summed E-state index contributed by atoms with van der Waals surface area (Å²) in [6.07, 6.45) is 0. The highest BCUT2D eigenvalue weighted by Gasteiger charge is 2.09. The molecule has 0 fully saturated rings. The summed E-state index contributed by atoms with van der Waals surface area (Å²) in [6, 6.07) is 13.2. The SMILES string of the molecule is Cc1cccc(C(N)c2ccc(Cl)cc2)n1. The summed E-state index contributed by atoms with van der Waals surface area (Å²) >= 11 is 5.83. The van der Waals surface area contributed by atoms with Gasteiger partial charge >= 0.3 is 0 Å². The zero-order valence-electron chi connectivity index (χ0n) is 9.02. The third-order valence-electron chi connectivity index (χ3n) is 2.46. The molecule has 0 saturated heterocycles. The summed E-state index contributed by atoms with van der Waals surface area (Å²) in [5, 5.41) is 0.716. The van der Waals surface area contributed by atoms with Crippen LogP contribution >= 0.6 is 11.6 Å². The Kier molecular flexibility index (Phi) is 3.22. The third kappa shape index (κ3) is 2.40. The van der Waals surface area contributed by atoms with Gasteiger partial charge in [-0.1, -0.05) is 29.8 Å². The topological polar surface area (TPSA) is 38.9 Å². The molecule has 3 heteroatoms. The standard InChI is InChI=1S/C13H13ClN2/c1-9-3-2-4-12(16-9)13(15)10-5-7-11(14)8-6-10/h2-8,13H,15H2,1H3. The summed E-state index contributed by atoms with van der Waals surface area (Å²) in [5.41, 5.74) is 9.00. The van der Waals surface area contributed by atoms with Gasteiger partial charge in [0.25, 0.3) is 0 Å². The second-order valence-electron chi connectivity index (χ2n) is 3.73. The highest BCUT2D eigenvalue weighted by Crippen LogP contribution is 2.19. The quantitative estimate of drug-likeness (QED) is 0.864. The number of hydrogen-bond acceptors (Lipinski definition) is 2. The fraction of sp³-hybridized carbons (Fsp3) is 0.154. The first-order valence-corrected chi connectivity index (χ1v) is 5.49. The molecule has 0 amide bonds. The van der Waals surface area contributed by atoms with Crippen molar-refractivity contribution in [2.24, 2.45) is 5.73 Å². The lowest BCUT2D eigenvalue weighted by Crippen LogP contribution is -2.13. The monoisotopic (exact) mass is 232 g/mol. The molecular weight excluding hydrogens is 220 g/mol. The van der Waals surface area contributed by atoms with Crippen LogP contribution in [-0.2, 0) is 0 Å². The maximum Gasteiger partial charge on any atom is 0.0726 e. The lowest BCUT2D eigenvalue weighted by molar-refractivity contribution is 0.821. The number of aromatic nitrogens is 1. The molecule has 0 aliphatic heterocycles. The molecule has 0 aliphatic carbocycles.